The monoisotopic (exact) mass is 203 g/mol. The first-order valence-corrected chi connectivity index (χ1v) is 10.4. The van der Waals surface area contributed by atoms with Crippen LogP contribution in [0.5, 0.6) is 0 Å². The van der Waals surface area contributed by atoms with E-state index in [-0.39, 0.29) is 0 Å². The third kappa shape index (κ3) is 5.97. The fourth-order valence-electron chi connectivity index (χ4n) is 1.58. The summed E-state index contributed by atoms with van der Waals surface area (Å²) in [5, 5.41) is 0. The Kier molecular flexibility index (Phi) is 5.36. The van der Waals surface area contributed by atoms with Crippen molar-refractivity contribution in [1.82, 2.24) is 0 Å². The van der Waals surface area contributed by atoms with Gasteiger partial charge in [-0.3, -0.25) is 0 Å². The van der Waals surface area contributed by atoms with Crippen molar-refractivity contribution >= 4 is 17.4 Å². The van der Waals surface area contributed by atoms with E-state index in [1.807, 2.05) is 0 Å². The molecule has 0 aromatic heterocycles. The molecule has 12 heavy (non-hydrogen) atoms. The van der Waals surface area contributed by atoms with Gasteiger partial charge in [-0.2, -0.15) is 0 Å². The Bertz CT molecular complexity index is 124. The quantitative estimate of drug-likeness (QED) is 0.621. The maximum absolute atomic E-state index is 6.05. The largest absolute Gasteiger partial charge is 0.456 e. The minimum atomic E-state index is -1.31. The molecule has 1 atom stereocenters. The predicted molar refractivity (Wildman–Crippen MR) is 60.3 cm³/mol. The van der Waals surface area contributed by atoms with Crippen LogP contribution in [0.2, 0.25) is 32.2 Å². The Morgan fingerprint density at radius 2 is 1.83 bits per heavy atom. The lowest BCUT2D eigenvalue weighted by Gasteiger charge is -2.27. The molecule has 0 aliphatic carbocycles. The van der Waals surface area contributed by atoms with Gasteiger partial charge in [-0.25, -0.2) is 0 Å². The number of rotatable bonds is 5. The second-order valence-electron chi connectivity index (χ2n) is 4.49. The average molecular weight is 203 g/mol. The second kappa shape index (κ2) is 5.19. The molecular formula is C9H23OSi2. The van der Waals surface area contributed by atoms with Gasteiger partial charge in [-0.15, -0.1) is 0 Å². The fourth-order valence-corrected chi connectivity index (χ4v) is 8.30. The standard InChI is InChI=1S/C9H23OSi2/c1-7-9(2)8-12(5,6)10-11(3)4/h9H,7-8H2,1-6H3. The Balaban J connectivity index is 3.85. The Morgan fingerprint density at radius 1 is 1.33 bits per heavy atom. The highest BCUT2D eigenvalue weighted by molar-refractivity contribution is 6.77. The summed E-state index contributed by atoms with van der Waals surface area (Å²) in [5.41, 5.74) is 0. The average Bonchev–Trinajstić information content (AvgIpc) is 1.83. The van der Waals surface area contributed by atoms with Crippen molar-refractivity contribution < 1.29 is 4.12 Å². The molecule has 0 spiro atoms. The molecule has 1 unspecified atom stereocenters. The first kappa shape index (κ1) is 12.4. The summed E-state index contributed by atoms with van der Waals surface area (Å²) in [6.45, 7) is 13.7. The first-order chi connectivity index (χ1) is 5.37. The zero-order chi connectivity index (χ0) is 9.78. The van der Waals surface area contributed by atoms with Crippen LogP contribution in [0.3, 0.4) is 0 Å². The SMILES string of the molecule is CCC(C)C[Si](C)(C)O[Si](C)C. The third-order valence-corrected chi connectivity index (χ3v) is 7.54. The molecule has 0 fully saturated rings. The lowest BCUT2D eigenvalue weighted by molar-refractivity contribution is 0.525. The molecule has 0 aliphatic heterocycles. The molecule has 1 nitrogen and oxygen atoms in total. The van der Waals surface area contributed by atoms with E-state index in [2.05, 4.69) is 40.0 Å². The van der Waals surface area contributed by atoms with Crippen LogP contribution in [-0.4, -0.2) is 17.4 Å². The van der Waals surface area contributed by atoms with Crippen LogP contribution in [0.1, 0.15) is 20.3 Å². The fraction of sp³-hybridized carbons (Fsp3) is 1.00. The van der Waals surface area contributed by atoms with Crippen LogP contribution < -0.4 is 0 Å². The van der Waals surface area contributed by atoms with Gasteiger partial charge in [0.2, 0.25) is 0 Å². The Hall–Kier alpha value is 0.394. The van der Waals surface area contributed by atoms with Crippen LogP contribution in [0.25, 0.3) is 0 Å². The second-order valence-corrected chi connectivity index (χ2v) is 11.0. The van der Waals surface area contributed by atoms with Crippen molar-refractivity contribution in [3.63, 3.8) is 0 Å². The van der Waals surface area contributed by atoms with E-state index in [0.717, 1.165) is 5.92 Å². The molecule has 0 rings (SSSR count). The van der Waals surface area contributed by atoms with Gasteiger partial charge in [0.15, 0.2) is 17.4 Å². The molecule has 1 radical (unpaired) electrons. The summed E-state index contributed by atoms with van der Waals surface area (Å²) >= 11 is 0. The van der Waals surface area contributed by atoms with E-state index in [4.69, 9.17) is 4.12 Å². The van der Waals surface area contributed by atoms with Gasteiger partial charge >= 0.3 is 0 Å². The highest BCUT2D eigenvalue weighted by Crippen LogP contribution is 2.20. The van der Waals surface area contributed by atoms with Gasteiger partial charge < -0.3 is 4.12 Å². The Labute approximate surface area is 80.4 Å². The van der Waals surface area contributed by atoms with Crippen molar-refractivity contribution in [3.8, 4) is 0 Å². The molecule has 0 amide bonds. The Morgan fingerprint density at radius 3 is 2.17 bits per heavy atom. The van der Waals surface area contributed by atoms with E-state index in [1.165, 1.54) is 12.5 Å². The normalized spacial score (nSPS) is 15.2. The minimum Gasteiger partial charge on any atom is -0.456 e. The topological polar surface area (TPSA) is 9.23 Å². The molecule has 0 heterocycles. The lowest BCUT2D eigenvalue weighted by atomic mass is 10.2. The van der Waals surface area contributed by atoms with Crippen molar-refractivity contribution in [3.05, 3.63) is 0 Å². The van der Waals surface area contributed by atoms with Gasteiger partial charge in [0, 0.05) is 0 Å². The summed E-state index contributed by atoms with van der Waals surface area (Å²) in [5.74, 6) is 0.841. The van der Waals surface area contributed by atoms with E-state index < -0.39 is 17.4 Å². The predicted octanol–water partition coefficient (Wildman–Crippen LogP) is 3.51. The van der Waals surface area contributed by atoms with Crippen LogP contribution in [0.4, 0.5) is 0 Å². The van der Waals surface area contributed by atoms with Crippen molar-refractivity contribution in [2.75, 3.05) is 0 Å². The van der Waals surface area contributed by atoms with Gasteiger partial charge in [0.1, 0.15) is 0 Å². The first-order valence-electron chi connectivity index (χ1n) is 4.86. The molecule has 0 bridgehead atoms. The van der Waals surface area contributed by atoms with Crippen LogP contribution in [-0.2, 0) is 4.12 Å². The van der Waals surface area contributed by atoms with Gasteiger partial charge in [-0.05, 0) is 38.2 Å². The molecule has 0 aliphatic rings. The zero-order valence-electron chi connectivity index (χ0n) is 9.40. The molecule has 0 aromatic rings. The molecule has 0 saturated heterocycles. The summed E-state index contributed by atoms with van der Waals surface area (Å²) in [6.07, 6.45) is 1.29. The smallest absolute Gasteiger partial charge is 0.191 e. The van der Waals surface area contributed by atoms with E-state index in [0.29, 0.717) is 0 Å². The van der Waals surface area contributed by atoms with Crippen molar-refractivity contribution in [2.24, 2.45) is 5.92 Å². The molecule has 0 aromatic carbocycles. The lowest BCUT2D eigenvalue weighted by Crippen LogP contribution is -2.36. The highest BCUT2D eigenvalue weighted by atomic mass is 28.4. The summed E-state index contributed by atoms with van der Waals surface area (Å²) in [7, 11) is -1.79. The maximum atomic E-state index is 6.05. The minimum absolute atomic E-state index is 0.483. The third-order valence-electron chi connectivity index (χ3n) is 2.02. The number of hydrogen-bond acceptors (Lipinski definition) is 1. The molecule has 3 heteroatoms. The van der Waals surface area contributed by atoms with Crippen LogP contribution in [0, 0.1) is 5.92 Å². The van der Waals surface area contributed by atoms with Crippen molar-refractivity contribution in [1.29, 1.82) is 0 Å². The van der Waals surface area contributed by atoms with Crippen LogP contribution in [0.15, 0.2) is 0 Å². The van der Waals surface area contributed by atoms with E-state index >= 15 is 0 Å². The molecule has 73 valence electrons. The zero-order valence-corrected chi connectivity index (χ0v) is 11.4. The summed E-state index contributed by atoms with van der Waals surface area (Å²) < 4.78 is 6.05. The summed E-state index contributed by atoms with van der Waals surface area (Å²) in [4.78, 5) is 0. The highest BCUT2D eigenvalue weighted by Gasteiger charge is 2.25. The van der Waals surface area contributed by atoms with E-state index in [9.17, 15) is 0 Å². The molecule has 0 N–H and O–H groups in total. The summed E-state index contributed by atoms with van der Waals surface area (Å²) in [6, 6.07) is 1.32. The van der Waals surface area contributed by atoms with Gasteiger partial charge in [0.05, 0.1) is 0 Å². The van der Waals surface area contributed by atoms with Gasteiger partial charge in [0.25, 0.3) is 0 Å². The maximum Gasteiger partial charge on any atom is 0.191 e. The molecular weight excluding hydrogens is 180 g/mol. The van der Waals surface area contributed by atoms with E-state index in [1.54, 1.807) is 0 Å². The molecule has 0 saturated carbocycles. The van der Waals surface area contributed by atoms with Crippen LogP contribution >= 0.6 is 0 Å². The van der Waals surface area contributed by atoms with Gasteiger partial charge in [-0.1, -0.05) is 20.3 Å². The van der Waals surface area contributed by atoms with Crippen molar-refractivity contribution in [2.45, 2.75) is 52.5 Å². The number of hydrogen-bond donors (Lipinski definition) is 0.